The fourth-order valence-corrected chi connectivity index (χ4v) is 7.01. The molecule has 0 bridgehead atoms. The Morgan fingerprint density at radius 2 is 0.789 bits per heavy atom. The first kappa shape index (κ1) is 21.7. The van der Waals surface area contributed by atoms with Gasteiger partial charge >= 0.3 is 0 Å². The highest BCUT2D eigenvalue weighted by Gasteiger charge is 2.51. The van der Waals surface area contributed by atoms with Crippen LogP contribution in [0.15, 0.2) is 140 Å². The van der Waals surface area contributed by atoms with Crippen LogP contribution in [0.2, 0.25) is 5.02 Å². The molecule has 0 aromatic heterocycles. The van der Waals surface area contributed by atoms with Crippen molar-refractivity contribution in [1.29, 1.82) is 0 Å². The molecule has 0 fully saturated rings. The second-order valence-electron chi connectivity index (χ2n) is 10.2. The summed E-state index contributed by atoms with van der Waals surface area (Å²) in [7, 11) is 0. The molecule has 0 radical (unpaired) electrons. The van der Waals surface area contributed by atoms with Crippen LogP contribution in [0.25, 0.3) is 44.5 Å². The highest BCUT2D eigenvalue weighted by Crippen LogP contribution is 2.62. The number of hydrogen-bond acceptors (Lipinski definition) is 0. The summed E-state index contributed by atoms with van der Waals surface area (Å²) < 4.78 is 0. The van der Waals surface area contributed by atoms with Crippen molar-refractivity contribution in [2.75, 3.05) is 0 Å². The van der Waals surface area contributed by atoms with Crippen molar-refractivity contribution in [3.05, 3.63) is 167 Å². The van der Waals surface area contributed by atoms with Gasteiger partial charge in [0.25, 0.3) is 0 Å². The molecule has 0 N–H and O–H groups in total. The molecule has 0 heterocycles. The Morgan fingerprint density at radius 3 is 1.34 bits per heavy atom. The molecule has 0 saturated carbocycles. The van der Waals surface area contributed by atoms with Gasteiger partial charge in [-0.25, -0.2) is 0 Å². The summed E-state index contributed by atoms with van der Waals surface area (Å²) in [4.78, 5) is 0. The van der Waals surface area contributed by atoms with E-state index in [1.807, 2.05) is 18.2 Å². The normalized spacial score (nSPS) is 13.6. The molecule has 0 saturated heterocycles. The van der Waals surface area contributed by atoms with E-state index in [0.717, 1.165) is 10.6 Å². The number of halogens is 1. The molecule has 178 valence electrons. The van der Waals surface area contributed by atoms with E-state index in [1.54, 1.807) is 0 Å². The molecule has 6 aromatic carbocycles. The minimum atomic E-state index is -0.320. The van der Waals surface area contributed by atoms with Gasteiger partial charge in [0.2, 0.25) is 0 Å². The molecule has 1 heteroatoms. The van der Waals surface area contributed by atoms with Gasteiger partial charge < -0.3 is 0 Å². The van der Waals surface area contributed by atoms with Crippen molar-refractivity contribution >= 4 is 11.6 Å². The van der Waals surface area contributed by atoms with Gasteiger partial charge in [0, 0.05) is 5.02 Å². The van der Waals surface area contributed by atoms with E-state index in [1.165, 1.54) is 61.2 Å². The largest absolute Gasteiger partial charge is 0.0843 e. The van der Waals surface area contributed by atoms with Crippen LogP contribution >= 0.6 is 11.6 Å². The predicted octanol–water partition coefficient (Wildman–Crippen LogP) is 10.0. The Kier molecular flexibility index (Phi) is 4.59. The summed E-state index contributed by atoms with van der Waals surface area (Å²) in [5.41, 5.74) is 15.2. The maximum Gasteiger partial charge on any atom is 0.0725 e. The van der Waals surface area contributed by atoms with E-state index in [-0.39, 0.29) is 5.41 Å². The van der Waals surface area contributed by atoms with Crippen molar-refractivity contribution < 1.29 is 0 Å². The van der Waals surface area contributed by atoms with Crippen LogP contribution in [0, 0.1) is 0 Å². The van der Waals surface area contributed by atoms with Crippen LogP contribution in [0.4, 0.5) is 0 Å². The average Bonchev–Trinajstić information content (AvgIpc) is 3.44. The van der Waals surface area contributed by atoms with Gasteiger partial charge in [-0.3, -0.25) is 0 Å². The van der Waals surface area contributed by atoms with Crippen LogP contribution in [0.3, 0.4) is 0 Å². The lowest BCUT2D eigenvalue weighted by molar-refractivity contribution is 0.794. The van der Waals surface area contributed by atoms with E-state index in [0.29, 0.717) is 0 Å². The zero-order chi connectivity index (χ0) is 25.3. The van der Waals surface area contributed by atoms with Crippen molar-refractivity contribution in [2.24, 2.45) is 0 Å². The van der Waals surface area contributed by atoms with E-state index < -0.39 is 0 Å². The summed E-state index contributed by atoms with van der Waals surface area (Å²) in [6, 6.07) is 50.8. The lowest BCUT2D eigenvalue weighted by Crippen LogP contribution is -2.25. The smallest absolute Gasteiger partial charge is 0.0725 e. The van der Waals surface area contributed by atoms with E-state index >= 15 is 0 Å². The quantitative estimate of drug-likeness (QED) is 0.220. The van der Waals surface area contributed by atoms with Crippen molar-refractivity contribution in [3.8, 4) is 44.5 Å². The van der Waals surface area contributed by atoms with Crippen LogP contribution in [0.5, 0.6) is 0 Å². The summed E-state index contributed by atoms with van der Waals surface area (Å²) >= 11 is 6.31. The van der Waals surface area contributed by atoms with E-state index in [4.69, 9.17) is 11.6 Å². The molecule has 38 heavy (non-hydrogen) atoms. The Bertz CT molecular complexity index is 1830. The van der Waals surface area contributed by atoms with E-state index in [2.05, 4.69) is 121 Å². The van der Waals surface area contributed by atoms with Crippen LogP contribution in [-0.2, 0) is 5.41 Å². The maximum atomic E-state index is 6.31. The molecule has 0 aliphatic heterocycles. The molecule has 6 aromatic rings. The molecule has 2 aliphatic carbocycles. The second kappa shape index (κ2) is 8.05. The summed E-state index contributed by atoms with van der Waals surface area (Å²) in [5.74, 6) is 0. The van der Waals surface area contributed by atoms with Gasteiger partial charge in [0.1, 0.15) is 0 Å². The monoisotopic (exact) mass is 502 g/mol. The number of fused-ring (bicyclic) bond motifs is 10. The number of hydrogen-bond donors (Lipinski definition) is 0. The Labute approximate surface area is 227 Å². The van der Waals surface area contributed by atoms with Crippen molar-refractivity contribution in [2.45, 2.75) is 5.41 Å². The fourth-order valence-electron chi connectivity index (χ4n) is 6.82. The number of rotatable bonds is 2. The van der Waals surface area contributed by atoms with Gasteiger partial charge in [0.05, 0.1) is 5.41 Å². The molecule has 0 nitrogen and oxygen atoms in total. The van der Waals surface area contributed by atoms with Crippen molar-refractivity contribution in [1.82, 2.24) is 0 Å². The van der Waals surface area contributed by atoms with Crippen molar-refractivity contribution in [3.63, 3.8) is 0 Å². The molecule has 0 atom stereocenters. The SMILES string of the molecule is Clc1cccc(-c2cccc(-c3ccc4c(c3)C3(c5ccccc5-c5ccccc53)c3ccccc3-4)c2)c1. The summed E-state index contributed by atoms with van der Waals surface area (Å²) in [6.45, 7) is 0. The van der Waals surface area contributed by atoms with Crippen LogP contribution < -0.4 is 0 Å². The highest BCUT2D eigenvalue weighted by molar-refractivity contribution is 6.30. The Morgan fingerprint density at radius 1 is 0.342 bits per heavy atom. The van der Waals surface area contributed by atoms with Gasteiger partial charge in [-0.05, 0) is 91.0 Å². The lowest BCUT2D eigenvalue weighted by atomic mass is 9.70. The van der Waals surface area contributed by atoms with Crippen LogP contribution in [-0.4, -0.2) is 0 Å². The van der Waals surface area contributed by atoms with Crippen LogP contribution in [0.1, 0.15) is 22.3 Å². The van der Waals surface area contributed by atoms with Gasteiger partial charge in [-0.2, -0.15) is 0 Å². The molecular formula is C37H23Cl. The zero-order valence-corrected chi connectivity index (χ0v) is 21.4. The third kappa shape index (κ3) is 2.87. The van der Waals surface area contributed by atoms with Gasteiger partial charge in [-0.1, -0.05) is 127 Å². The van der Waals surface area contributed by atoms with E-state index in [9.17, 15) is 0 Å². The third-order valence-corrected chi connectivity index (χ3v) is 8.59. The highest BCUT2D eigenvalue weighted by atomic mass is 35.5. The maximum absolute atomic E-state index is 6.31. The predicted molar refractivity (Wildman–Crippen MR) is 159 cm³/mol. The molecule has 1 spiro atoms. The first-order chi connectivity index (χ1) is 18.7. The molecule has 0 amide bonds. The molecular weight excluding hydrogens is 480 g/mol. The summed E-state index contributed by atoms with van der Waals surface area (Å²) in [6.07, 6.45) is 0. The molecule has 2 aliphatic rings. The second-order valence-corrected chi connectivity index (χ2v) is 10.7. The minimum absolute atomic E-state index is 0.320. The minimum Gasteiger partial charge on any atom is -0.0843 e. The Hall–Kier alpha value is -4.39. The topological polar surface area (TPSA) is 0 Å². The standard InChI is InChI=1S/C37H23Cl/c38-28-12-8-11-26(22-28)24-9-7-10-25(21-24)27-19-20-32-31-15-3-6-18-35(31)37(36(32)23-27)33-16-4-1-13-29(33)30-14-2-5-17-34(30)37/h1-23H. The first-order valence-electron chi connectivity index (χ1n) is 13.1. The summed E-state index contributed by atoms with van der Waals surface area (Å²) in [5, 5.41) is 0.753. The van der Waals surface area contributed by atoms with Gasteiger partial charge in [0.15, 0.2) is 0 Å². The number of benzene rings is 6. The molecule has 0 unspecified atom stereocenters. The van der Waals surface area contributed by atoms with Gasteiger partial charge in [-0.15, -0.1) is 0 Å². The Balaban J connectivity index is 1.40. The molecule has 8 rings (SSSR count). The fraction of sp³-hybridized carbons (Fsp3) is 0.0270. The third-order valence-electron chi connectivity index (χ3n) is 8.35. The average molecular weight is 503 g/mol. The lowest BCUT2D eigenvalue weighted by Gasteiger charge is -2.30. The zero-order valence-electron chi connectivity index (χ0n) is 20.7. The first-order valence-corrected chi connectivity index (χ1v) is 13.4.